The van der Waals surface area contributed by atoms with Crippen LogP contribution in [0.3, 0.4) is 0 Å². The summed E-state index contributed by atoms with van der Waals surface area (Å²) in [5, 5.41) is 3.93. The Morgan fingerprint density at radius 3 is 2.65 bits per heavy atom. The van der Waals surface area contributed by atoms with Crippen molar-refractivity contribution >= 4 is 18.0 Å². The molecule has 0 fully saturated rings. The summed E-state index contributed by atoms with van der Waals surface area (Å²) in [6.07, 6.45) is -1.11. The van der Waals surface area contributed by atoms with Gasteiger partial charge in [0.15, 0.2) is 5.82 Å². The average molecular weight is 316 g/mol. The van der Waals surface area contributed by atoms with Crippen LogP contribution >= 0.6 is 0 Å². The fourth-order valence-corrected chi connectivity index (χ4v) is 2.44. The standard InChI is InChI=1S/C15H16N4O4/c1-22-15(21)19-12-8-18(7-11(12)13(16)17-19)14(20)23-9-10-5-3-2-4-6-10/h2-6H,7-9H2,1H3,(H2,16,17). The maximum atomic E-state index is 12.2. The smallest absolute Gasteiger partial charge is 0.434 e. The normalized spacial score (nSPS) is 12.8. The second-order valence-electron chi connectivity index (χ2n) is 5.09. The maximum absolute atomic E-state index is 12.2. The zero-order chi connectivity index (χ0) is 16.4. The molecule has 1 amide bonds. The fraction of sp³-hybridized carbons (Fsp3) is 0.267. The monoisotopic (exact) mass is 316 g/mol. The van der Waals surface area contributed by atoms with Gasteiger partial charge in [-0.1, -0.05) is 30.3 Å². The van der Waals surface area contributed by atoms with Crippen molar-refractivity contribution in [1.82, 2.24) is 14.7 Å². The van der Waals surface area contributed by atoms with Crippen LogP contribution in [-0.2, 0) is 29.2 Å². The van der Waals surface area contributed by atoms with E-state index < -0.39 is 12.2 Å². The van der Waals surface area contributed by atoms with E-state index in [2.05, 4.69) is 9.84 Å². The third kappa shape index (κ3) is 2.83. The summed E-state index contributed by atoms with van der Waals surface area (Å²) in [4.78, 5) is 25.3. The SMILES string of the molecule is COC(=O)n1nc(N)c2c1CN(C(=O)OCc1ccccc1)C2. The largest absolute Gasteiger partial charge is 0.451 e. The van der Waals surface area contributed by atoms with E-state index in [1.165, 1.54) is 12.0 Å². The van der Waals surface area contributed by atoms with Crippen LogP contribution in [0.5, 0.6) is 0 Å². The molecule has 0 saturated heterocycles. The fourth-order valence-electron chi connectivity index (χ4n) is 2.44. The van der Waals surface area contributed by atoms with E-state index in [0.717, 1.165) is 10.2 Å². The molecule has 0 atom stereocenters. The minimum absolute atomic E-state index is 0.186. The second kappa shape index (κ2) is 5.99. The summed E-state index contributed by atoms with van der Waals surface area (Å²) in [6.45, 7) is 0.638. The van der Waals surface area contributed by atoms with Crippen molar-refractivity contribution in [3.63, 3.8) is 0 Å². The van der Waals surface area contributed by atoms with Gasteiger partial charge in [-0.05, 0) is 5.56 Å². The Morgan fingerprint density at radius 1 is 1.22 bits per heavy atom. The third-order valence-corrected chi connectivity index (χ3v) is 3.62. The Bertz CT molecular complexity index is 741. The van der Waals surface area contributed by atoms with Crippen LogP contribution in [0, 0.1) is 0 Å². The van der Waals surface area contributed by atoms with E-state index in [1.54, 1.807) is 0 Å². The average Bonchev–Trinajstić information content (AvgIpc) is 3.14. The Balaban J connectivity index is 1.67. The number of anilines is 1. The molecule has 0 unspecified atom stereocenters. The number of ether oxygens (including phenoxy) is 2. The summed E-state index contributed by atoms with van der Waals surface area (Å²) in [5.74, 6) is 0.212. The molecule has 8 heteroatoms. The van der Waals surface area contributed by atoms with Crippen LogP contribution in [0.1, 0.15) is 16.8 Å². The molecule has 2 aromatic rings. The Kier molecular flexibility index (Phi) is 3.88. The highest BCUT2D eigenvalue weighted by molar-refractivity contribution is 5.74. The van der Waals surface area contributed by atoms with Gasteiger partial charge < -0.3 is 15.2 Å². The van der Waals surface area contributed by atoms with Gasteiger partial charge in [-0.25, -0.2) is 9.59 Å². The van der Waals surface area contributed by atoms with Gasteiger partial charge in [-0.2, -0.15) is 4.68 Å². The predicted molar refractivity (Wildman–Crippen MR) is 80.3 cm³/mol. The lowest BCUT2D eigenvalue weighted by molar-refractivity contribution is 0.0946. The van der Waals surface area contributed by atoms with E-state index in [9.17, 15) is 9.59 Å². The first-order chi connectivity index (χ1) is 11.1. The molecule has 2 heterocycles. The van der Waals surface area contributed by atoms with Crippen LogP contribution in [0.25, 0.3) is 0 Å². The first kappa shape index (κ1) is 14.9. The summed E-state index contributed by atoms with van der Waals surface area (Å²) in [5.41, 5.74) is 7.89. The Morgan fingerprint density at radius 2 is 1.96 bits per heavy atom. The van der Waals surface area contributed by atoms with Crippen LogP contribution in [0.15, 0.2) is 30.3 Å². The van der Waals surface area contributed by atoms with Crippen molar-refractivity contribution in [2.24, 2.45) is 0 Å². The predicted octanol–water partition coefficient (Wildman–Crippen LogP) is 1.73. The van der Waals surface area contributed by atoms with Gasteiger partial charge in [0.1, 0.15) is 6.61 Å². The number of aromatic nitrogens is 2. The van der Waals surface area contributed by atoms with E-state index in [-0.39, 0.29) is 25.5 Å². The lowest BCUT2D eigenvalue weighted by atomic mass is 10.2. The lowest BCUT2D eigenvalue weighted by Gasteiger charge is -2.16. The van der Waals surface area contributed by atoms with Crippen molar-refractivity contribution in [3.05, 3.63) is 47.2 Å². The van der Waals surface area contributed by atoms with E-state index in [4.69, 9.17) is 10.5 Å². The van der Waals surface area contributed by atoms with Crippen LogP contribution in [0.2, 0.25) is 0 Å². The lowest BCUT2D eigenvalue weighted by Crippen LogP contribution is -2.28. The van der Waals surface area contributed by atoms with E-state index in [0.29, 0.717) is 11.3 Å². The zero-order valence-corrected chi connectivity index (χ0v) is 12.6. The molecule has 0 saturated carbocycles. The van der Waals surface area contributed by atoms with Gasteiger partial charge in [0.2, 0.25) is 0 Å². The number of rotatable bonds is 2. The number of methoxy groups -OCH3 is 1. The Labute approximate surface area is 132 Å². The topological polar surface area (TPSA) is 99.7 Å². The van der Waals surface area contributed by atoms with Crippen LogP contribution in [0.4, 0.5) is 15.4 Å². The van der Waals surface area contributed by atoms with Crippen molar-refractivity contribution in [1.29, 1.82) is 0 Å². The van der Waals surface area contributed by atoms with Gasteiger partial charge in [-0.3, -0.25) is 4.90 Å². The zero-order valence-electron chi connectivity index (χ0n) is 12.6. The number of nitrogens with two attached hydrogens (primary N) is 1. The number of carbonyl (C=O) groups is 2. The molecule has 3 rings (SSSR count). The highest BCUT2D eigenvalue weighted by Crippen LogP contribution is 2.28. The quantitative estimate of drug-likeness (QED) is 0.905. The number of nitrogens with zero attached hydrogens (tertiary/aromatic N) is 3. The summed E-state index contributed by atoms with van der Waals surface area (Å²) < 4.78 is 11.0. The van der Waals surface area contributed by atoms with Gasteiger partial charge in [0.25, 0.3) is 0 Å². The minimum atomic E-state index is -0.641. The van der Waals surface area contributed by atoms with Crippen molar-refractivity contribution in [3.8, 4) is 0 Å². The number of amides is 1. The highest BCUT2D eigenvalue weighted by atomic mass is 16.6. The molecule has 0 radical (unpaired) electrons. The highest BCUT2D eigenvalue weighted by Gasteiger charge is 2.32. The molecular weight excluding hydrogens is 300 g/mol. The maximum Gasteiger partial charge on any atom is 0.434 e. The van der Waals surface area contributed by atoms with Gasteiger partial charge in [0.05, 0.1) is 25.9 Å². The van der Waals surface area contributed by atoms with Crippen LogP contribution < -0.4 is 5.73 Å². The van der Waals surface area contributed by atoms with E-state index in [1.807, 2.05) is 30.3 Å². The number of hydrogen-bond acceptors (Lipinski definition) is 6. The Hall–Kier alpha value is -3.03. The first-order valence-electron chi connectivity index (χ1n) is 7.00. The minimum Gasteiger partial charge on any atom is -0.451 e. The molecule has 8 nitrogen and oxygen atoms in total. The number of benzene rings is 1. The number of carbonyl (C=O) groups excluding carboxylic acids is 2. The van der Waals surface area contributed by atoms with Gasteiger partial charge >= 0.3 is 12.2 Å². The molecule has 0 aliphatic carbocycles. The molecule has 120 valence electrons. The number of fused-ring (bicyclic) bond motifs is 1. The molecule has 0 spiro atoms. The first-order valence-corrected chi connectivity index (χ1v) is 7.00. The summed E-state index contributed by atoms with van der Waals surface area (Å²) >= 11 is 0. The molecule has 23 heavy (non-hydrogen) atoms. The summed E-state index contributed by atoms with van der Waals surface area (Å²) in [7, 11) is 1.26. The van der Waals surface area contributed by atoms with Crippen molar-refractivity contribution in [2.45, 2.75) is 19.7 Å². The number of hydrogen-bond donors (Lipinski definition) is 1. The third-order valence-electron chi connectivity index (χ3n) is 3.62. The molecule has 2 N–H and O–H groups in total. The molecule has 1 aliphatic rings. The molecule has 1 aromatic carbocycles. The molecule has 1 aromatic heterocycles. The van der Waals surface area contributed by atoms with Gasteiger partial charge in [-0.15, -0.1) is 5.10 Å². The molecule has 1 aliphatic heterocycles. The summed E-state index contributed by atoms with van der Waals surface area (Å²) in [6, 6.07) is 9.39. The molecular formula is C15H16N4O4. The number of nitrogen functional groups attached to an aromatic ring is 1. The van der Waals surface area contributed by atoms with Gasteiger partial charge in [0, 0.05) is 5.56 Å². The van der Waals surface area contributed by atoms with E-state index >= 15 is 0 Å². The molecule has 0 bridgehead atoms. The van der Waals surface area contributed by atoms with Crippen molar-refractivity contribution < 1.29 is 19.1 Å². The second-order valence-corrected chi connectivity index (χ2v) is 5.09. The van der Waals surface area contributed by atoms with Crippen molar-refractivity contribution in [2.75, 3.05) is 12.8 Å². The van der Waals surface area contributed by atoms with Crippen LogP contribution in [-0.4, -0.2) is 34.0 Å².